The largest absolute Gasteiger partial charge is 0.460 e. The number of ketones is 1. The molecule has 0 fully saturated rings. The van der Waals surface area contributed by atoms with Crippen molar-refractivity contribution in [1.29, 1.82) is 0 Å². The lowest BCUT2D eigenvalue weighted by Gasteiger charge is -2.43. The molecule has 1 aromatic carbocycles. The van der Waals surface area contributed by atoms with E-state index in [1.165, 1.54) is 0 Å². The van der Waals surface area contributed by atoms with Crippen molar-refractivity contribution in [3.05, 3.63) is 47.8 Å². The highest BCUT2D eigenvalue weighted by molar-refractivity contribution is 6.04. The maximum absolute atomic E-state index is 13.8. The molecule has 0 aromatic heterocycles. The van der Waals surface area contributed by atoms with Crippen LogP contribution in [0.5, 0.6) is 0 Å². The van der Waals surface area contributed by atoms with Gasteiger partial charge in [-0.15, -0.1) is 0 Å². The Morgan fingerprint density at radius 2 is 0.795 bits per heavy atom. The quantitative estimate of drug-likeness (QED) is 0.146. The minimum Gasteiger partial charge on any atom is -0.289 e. The molecule has 0 heterocycles. The summed E-state index contributed by atoms with van der Waals surface area (Å²) in [7, 11) is 0. The van der Waals surface area contributed by atoms with Crippen LogP contribution in [0.25, 0.3) is 0 Å². The van der Waals surface area contributed by atoms with Crippen LogP contribution in [-0.2, 0) is 0 Å². The number of alkyl halides is 19. The van der Waals surface area contributed by atoms with Gasteiger partial charge in [0.1, 0.15) is 0 Å². The molecule has 0 N–H and O–H groups in total. The summed E-state index contributed by atoms with van der Waals surface area (Å²) >= 11 is 0. The van der Waals surface area contributed by atoms with Crippen LogP contribution in [0.1, 0.15) is 10.4 Å². The van der Waals surface area contributed by atoms with Gasteiger partial charge < -0.3 is 0 Å². The number of allylic oxidation sites excluding steroid dienone is 2. The number of carbonyl (C=O) groups is 1. The Morgan fingerprint density at radius 1 is 0.487 bits per heavy atom. The van der Waals surface area contributed by atoms with Crippen LogP contribution in [0.3, 0.4) is 0 Å². The van der Waals surface area contributed by atoms with Gasteiger partial charge in [0.25, 0.3) is 0 Å². The normalized spacial score (nSPS) is 15.9. The van der Waals surface area contributed by atoms with Crippen molar-refractivity contribution in [3.8, 4) is 0 Å². The van der Waals surface area contributed by atoms with Gasteiger partial charge in [0.15, 0.2) is 11.6 Å². The lowest BCUT2D eigenvalue weighted by Crippen LogP contribution is -2.75. The Labute approximate surface area is 201 Å². The second-order valence-corrected chi connectivity index (χ2v) is 7.32. The zero-order chi connectivity index (χ0) is 31.5. The minimum absolute atomic E-state index is 0.644. The second kappa shape index (κ2) is 9.41. The van der Waals surface area contributed by atoms with Crippen molar-refractivity contribution in [3.63, 3.8) is 0 Å². The average Bonchev–Trinajstić information content (AvgIpc) is 2.77. The van der Waals surface area contributed by atoms with Crippen LogP contribution in [0.4, 0.5) is 87.8 Å². The molecule has 0 aliphatic rings. The Morgan fingerprint density at radius 3 is 1.13 bits per heavy atom. The minimum atomic E-state index is -9.11. The van der Waals surface area contributed by atoms with Crippen LogP contribution in [0.2, 0.25) is 0 Å². The van der Waals surface area contributed by atoms with Gasteiger partial charge in [-0.05, 0) is 0 Å². The molecular weight excluding hydrogens is 612 g/mol. The smallest absolute Gasteiger partial charge is 0.289 e. The zero-order valence-electron chi connectivity index (χ0n) is 17.4. The molecule has 0 unspecified atom stereocenters. The molecule has 39 heavy (non-hydrogen) atoms. The Hall–Kier alpha value is -2.77. The topological polar surface area (TPSA) is 17.1 Å². The summed E-state index contributed by atoms with van der Waals surface area (Å²) in [5, 5.41) is 0. The monoisotopic (exact) mass is 618 g/mol. The molecule has 0 aliphatic heterocycles. The molecular formula is C18H6F20O. The Balaban J connectivity index is 3.71. The third-order valence-electron chi connectivity index (χ3n) is 4.73. The van der Waals surface area contributed by atoms with Crippen molar-refractivity contribution >= 4 is 5.78 Å². The highest BCUT2D eigenvalue weighted by Gasteiger charge is 2.96. The maximum Gasteiger partial charge on any atom is 0.460 e. The van der Waals surface area contributed by atoms with Gasteiger partial charge in [0.05, 0.1) is 0 Å². The number of hydrogen-bond donors (Lipinski definition) is 0. The van der Waals surface area contributed by atoms with Gasteiger partial charge in [-0.3, -0.25) is 4.79 Å². The van der Waals surface area contributed by atoms with Gasteiger partial charge >= 0.3 is 53.6 Å². The molecule has 0 spiro atoms. The van der Waals surface area contributed by atoms with E-state index in [-0.39, 0.29) is 0 Å². The van der Waals surface area contributed by atoms with E-state index in [0.717, 1.165) is 18.2 Å². The molecule has 224 valence electrons. The summed E-state index contributed by atoms with van der Waals surface area (Å²) in [6.45, 7) is 0. The fourth-order valence-electron chi connectivity index (χ4n) is 2.40. The number of carbonyl (C=O) groups excluding carboxylic acids is 1. The van der Waals surface area contributed by atoms with Crippen LogP contribution in [0, 0.1) is 0 Å². The van der Waals surface area contributed by atoms with E-state index < -0.39 is 76.8 Å². The summed E-state index contributed by atoms with van der Waals surface area (Å²) in [5.74, 6) is -75.4. The number of benzene rings is 1. The van der Waals surface area contributed by atoms with E-state index >= 15 is 0 Å². The van der Waals surface area contributed by atoms with Crippen LogP contribution >= 0.6 is 0 Å². The first-order valence-corrected chi connectivity index (χ1v) is 8.97. The van der Waals surface area contributed by atoms with Gasteiger partial charge in [0, 0.05) is 11.6 Å². The average molecular weight is 618 g/mol. The molecule has 21 heteroatoms. The molecule has 0 aliphatic carbocycles. The predicted molar refractivity (Wildman–Crippen MR) is 85.6 cm³/mol. The lowest BCUT2D eigenvalue weighted by molar-refractivity contribution is -0.467. The van der Waals surface area contributed by atoms with Gasteiger partial charge in [-0.2, -0.15) is 83.4 Å². The van der Waals surface area contributed by atoms with Crippen molar-refractivity contribution in [2.45, 2.75) is 53.6 Å². The first kappa shape index (κ1) is 34.3. The van der Waals surface area contributed by atoms with Crippen molar-refractivity contribution in [2.75, 3.05) is 0 Å². The third kappa shape index (κ3) is 4.67. The molecule has 1 aromatic rings. The fourth-order valence-corrected chi connectivity index (χ4v) is 2.40. The maximum atomic E-state index is 13.8. The van der Waals surface area contributed by atoms with E-state index in [9.17, 15) is 92.6 Å². The lowest BCUT2D eigenvalue weighted by atomic mass is 9.87. The van der Waals surface area contributed by atoms with Gasteiger partial charge in [-0.25, -0.2) is 4.39 Å². The van der Waals surface area contributed by atoms with Crippen molar-refractivity contribution in [2.24, 2.45) is 0 Å². The highest BCUT2D eigenvalue weighted by atomic mass is 19.4. The standard InChI is InChI=1S/C18H6F20O/c19-9(6-8(39)7-4-2-1-3-5-7)10(20,21)11(22,23)12(24,25)13(26,27)14(28,29)15(30,31)16(32,33)17(34,35)18(36,37)38/h1-6H/b9-6-. The van der Waals surface area contributed by atoms with Crippen molar-refractivity contribution < 1.29 is 92.6 Å². The summed E-state index contributed by atoms with van der Waals surface area (Å²) < 4.78 is 265. The second-order valence-electron chi connectivity index (χ2n) is 7.32. The summed E-state index contributed by atoms with van der Waals surface area (Å²) in [4.78, 5) is 11.6. The van der Waals surface area contributed by atoms with Crippen LogP contribution in [-0.4, -0.2) is 59.3 Å². The van der Waals surface area contributed by atoms with Gasteiger partial charge in [-0.1, -0.05) is 30.3 Å². The molecule has 0 saturated carbocycles. The molecule has 0 amide bonds. The molecule has 0 radical (unpaired) electrons. The SMILES string of the molecule is O=C(/C=C(\F)C(F)(F)C(F)(F)C(F)(F)C(F)(F)C(F)(F)C(F)(F)C(F)(F)C(F)(F)C(F)(F)F)c1ccccc1. The summed E-state index contributed by atoms with van der Waals surface area (Å²) in [6, 6.07) is 4.24. The van der Waals surface area contributed by atoms with Crippen LogP contribution in [0.15, 0.2) is 42.2 Å². The van der Waals surface area contributed by atoms with E-state index in [1.54, 1.807) is 0 Å². The Kier molecular flexibility index (Phi) is 8.27. The summed E-state index contributed by atoms with van der Waals surface area (Å²) in [6.07, 6.45) is -9.26. The summed E-state index contributed by atoms with van der Waals surface area (Å²) in [5.41, 5.74) is -0.872. The molecule has 0 saturated heterocycles. The van der Waals surface area contributed by atoms with Crippen LogP contribution < -0.4 is 0 Å². The number of halogens is 20. The van der Waals surface area contributed by atoms with Crippen molar-refractivity contribution in [1.82, 2.24) is 0 Å². The molecule has 0 atom stereocenters. The van der Waals surface area contributed by atoms with E-state index in [4.69, 9.17) is 0 Å². The van der Waals surface area contributed by atoms with E-state index in [1.807, 2.05) is 0 Å². The first-order chi connectivity index (χ1) is 16.9. The third-order valence-corrected chi connectivity index (χ3v) is 4.73. The molecule has 1 rings (SSSR count). The number of rotatable bonds is 10. The zero-order valence-corrected chi connectivity index (χ0v) is 17.4. The van der Waals surface area contributed by atoms with Gasteiger partial charge in [0.2, 0.25) is 0 Å². The van der Waals surface area contributed by atoms with E-state index in [2.05, 4.69) is 0 Å². The number of hydrogen-bond acceptors (Lipinski definition) is 1. The molecule has 1 nitrogen and oxygen atoms in total. The van der Waals surface area contributed by atoms with E-state index in [0.29, 0.717) is 12.1 Å². The Bertz CT molecular complexity index is 1080. The first-order valence-electron chi connectivity index (χ1n) is 8.97. The highest BCUT2D eigenvalue weighted by Crippen LogP contribution is 2.65. The predicted octanol–water partition coefficient (Wildman–Crippen LogP) is 8.37. The fraction of sp³-hybridized carbons (Fsp3) is 0.500. The molecule has 0 bridgehead atoms.